The Morgan fingerprint density at radius 3 is 2.25 bits per heavy atom. The van der Waals surface area contributed by atoms with Crippen LogP contribution in [0.3, 0.4) is 0 Å². The molecule has 0 aromatic heterocycles. The molecule has 8 nitrogen and oxygen atoms in total. The summed E-state index contributed by atoms with van der Waals surface area (Å²) in [5.74, 6) is -1.42. The van der Waals surface area contributed by atoms with Crippen molar-refractivity contribution in [1.82, 2.24) is 0 Å². The van der Waals surface area contributed by atoms with Gasteiger partial charge in [-0.15, -0.1) is 0 Å². The van der Waals surface area contributed by atoms with E-state index in [0.717, 1.165) is 6.07 Å². The first-order valence-corrected chi connectivity index (χ1v) is 9.27. The first-order valence-electron chi connectivity index (χ1n) is 7.42. The Morgan fingerprint density at radius 1 is 1.18 bits per heavy atom. The lowest BCUT2D eigenvalue weighted by Crippen LogP contribution is -2.02. The Hall–Kier alpha value is -3.50. The molecule has 0 fully saturated rings. The van der Waals surface area contributed by atoms with Crippen molar-refractivity contribution in [3.8, 4) is 12.1 Å². The van der Waals surface area contributed by atoms with E-state index < -0.39 is 21.8 Å². The summed E-state index contributed by atoms with van der Waals surface area (Å²) >= 11 is 0. The summed E-state index contributed by atoms with van der Waals surface area (Å²) in [5.41, 5.74) is 9.19. The maximum absolute atomic E-state index is 14.4. The van der Waals surface area contributed by atoms with Crippen molar-refractivity contribution in [3.05, 3.63) is 80.2 Å². The van der Waals surface area contributed by atoms with E-state index in [2.05, 4.69) is 10.0 Å². The normalized spacial score (nSPS) is 9.93. The minimum Gasteiger partial charge on any atom is -0.286 e. The van der Waals surface area contributed by atoms with Crippen LogP contribution in [0.2, 0.25) is 0 Å². The van der Waals surface area contributed by atoms with Gasteiger partial charge in [-0.25, -0.2) is 8.78 Å². The van der Waals surface area contributed by atoms with Gasteiger partial charge in [0, 0.05) is 11.3 Å². The van der Waals surface area contributed by atoms with Gasteiger partial charge in [-0.05, 0) is 40.4 Å². The van der Waals surface area contributed by atoms with Gasteiger partial charge >= 0.3 is 0 Å². The molecule has 0 radical (unpaired) electrons. The van der Waals surface area contributed by atoms with Gasteiger partial charge < -0.3 is 0 Å². The Kier molecular flexibility index (Phi) is 8.05. The van der Waals surface area contributed by atoms with Crippen molar-refractivity contribution in [2.75, 3.05) is 6.26 Å². The molecule has 0 aliphatic heterocycles. The molecule has 0 heterocycles. The van der Waals surface area contributed by atoms with E-state index in [1.807, 2.05) is 0 Å². The second-order valence-electron chi connectivity index (χ2n) is 5.40. The lowest BCUT2D eigenvalue weighted by molar-refractivity contribution is 0.490. The van der Waals surface area contributed by atoms with Gasteiger partial charge in [0.2, 0.25) is 0 Å². The van der Waals surface area contributed by atoms with Gasteiger partial charge in [-0.3, -0.25) is 4.55 Å². The number of rotatable bonds is 4. The van der Waals surface area contributed by atoms with E-state index in [1.165, 1.54) is 24.3 Å². The van der Waals surface area contributed by atoms with Crippen LogP contribution in [0.5, 0.6) is 0 Å². The minimum atomic E-state index is -3.67. The van der Waals surface area contributed by atoms with Crippen LogP contribution >= 0.6 is 0 Å². The van der Waals surface area contributed by atoms with Crippen LogP contribution in [0, 0.1) is 34.3 Å². The number of hydrogen-bond donors (Lipinski definition) is 1. The molecule has 0 aliphatic carbocycles. The Bertz CT molecular complexity index is 1110. The number of nitriles is 2. The molecule has 2 aromatic carbocycles. The Labute approximate surface area is 159 Å². The first kappa shape index (κ1) is 22.5. The van der Waals surface area contributed by atoms with E-state index >= 15 is 0 Å². The molecule has 0 saturated heterocycles. The fourth-order valence-electron chi connectivity index (χ4n) is 2.16. The average Bonchev–Trinajstić information content (AvgIpc) is 2.61. The molecular weight excluding hydrogens is 392 g/mol. The third kappa shape index (κ3) is 7.02. The molecule has 0 unspecified atom stereocenters. The number of benzene rings is 2. The summed E-state index contributed by atoms with van der Waals surface area (Å²) in [7, 11) is -3.67. The van der Waals surface area contributed by atoms with Crippen molar-refractivity contribution in [2.45, 2.75) is 13.0 Å². The molecule has 2 aromatic rings. The second-order valence-corrected chi connectivity index (χ2v) is 6.87. The fraction of sp³-hybridized carbons (Fsp3) is 0.176. The summed E-state index contributed by atoms with van der Waals surface area (Å²) in [5, 5.41) is 21.0. The van der Waals surface area contributed by atoms with Gasteiger partial charge in [0.1, 0.15) is 23.8 Å². The highest BCUT2D eigenvalue weighted by Crippen LogP contribution is 2.23. The number of halogens is 2. The first-order chi connectivity index (χ1) is 13.1. The smallest absolute Gasteiger partial charge is 0.261 e. The van der Waals surface area contributed by atoms with Gasteiger partial charge in [-0.1, -0.05) is 17.2 Å². The zero-order valence-corrected chi connectivity index (χ0v) is 15.3. The van der Waals surface area contributed by atoms with Crippen LogP contribution in [-0.4, -0.2) is 19.2 Å². The van der Waals surface area contributed by atoms with E-state index in [-0.39, 0.29) is 29.7 Å². The molecule has 0 amide bonds. The fourth-order valence-corrected chi connectivity index (χ4v) is 2.16. The molecular formula is C17H13F2N5O3S. The molecule has 0 aliphatic rings. The van der Waals surface area contributed by atoms with Gasteiger partial charge in [0.05, 0.1) is 23.9 Å². The Morgan fingerprint density at radius 2 is 1.75 bits per heavy atom. The summed E-state index contributed by atoms with van der Waals surface area (Å²) in [6.45, 7) is -0.0762. The predicted octanol–water partition coefficient (Wildman–Crippen LogP) is 3.61. The summed E-state index contributed by atoms with van der Waals surface area (Å²) < 4.78 is 53.9. The summed E-state index contributed by atoms with van der Waals surface area (Å²) in [6, 6.07) is 10.2. The maximum atomic E-state index is 14.4. The third-order valence-electron chi connectivity index (χ3n) is 3.30. The quantitative estimate of drug-likeness (QED) is 0.356. The molecule has 0 atom stereocenters. The number of nitrogens with zero attached hydrogens (tertiary/aromatic N) is 5. The van der Waals surface area contributed by atoms with E-state index in [4.69, 9.17) is 20.6 Å². The van der Waals surface area contributed by atoms with Crippen molar-refractivity contribution >= 4 is 10.1 Å². The molecule has 144 valence electrons. The van der Waals surface area contributed by atoms with Crippen LogP contribution in [0.15, 0.2) is 35.4 Å². The summed E-state index contributed by atoms with van der Waals surface area (Å²) in [6.07, 6.45) is 0.729. The molecule has 2 rings (SSSR count). The van der Waals surface area contributed by atoms with Crippen molar-refractivity contribution < 1.29 is 21.8 Å². The highest BCUT2D eigenvalue weighted by molar-refractivity contribution is 7.85. The van der Waals surface area contributed by atoms with Crippen molar-refractivity contribution in [1.29, 1.82) is 10.5 Å². The molecule has 0 spiro atoms. The number of hydrogen-bond acceptors (Lipinski definition) is 5. The van der Waals surface area contributed by atoms with E-state index in [1.54, 1.807) is 12.1 Å². The molecule has 0 bridgehead atoms. The topological polar surface area (TPSA) is 151 Å². The predicted molar refractivity (Wildman–Crippen MR) is 95.4 cm³/mol. The standard InChI is InChI=1S/C16H9F2N5.CH4O3S/c17-15-6-10(1-2-11(15)7-19)5-14-13(9-22-23-21)4-3-12(8-20)16(14)18;1-5(2,3)4/h1-4,6H,5,9H2;1H3,(H,2,3,4). The SMILES string of the molecule is CS(=O)(=O)O.N#Cc1ccc(Cc2c(CN=[N+]=[N-])ccc(C#N)c2F)cc1F. The molecule has 1 N–H and O–H groups in total. The van der Waals surface area contributed by atoms with Gasteiger partial charge in [0.25, 0.3) is 10.1 Å². The lowest BCUT2D eigenvalue weighted by Gasteiger charge is -2.11. The highest BCUT2D eigenvalue weighted by atomic mass is 32.2. The zero-order valence-electron chi connectivity index (χ0n) is 14.5. The molecule has 0 saturated carbocycles. The highest BCUT2D eigenvalue weighted by Gasteiger charge is 2.14. The van der Waals surface area contributed by atoms with E-state index in [0.29, 0.717) is 17.4 Å². The largest absolute Gasteiger partial charge is 0.286 e. The number of azide groups is 1. The van der Waals surface area contributed by atoms with Crippen LogP contribution in [0.4, 0.5) is 8.78 Å². The zero-order chi connectivity index (χ0) is 21.3. The van der Waals surface area contributed by atoms with Crippen LogP contribution in [-0.2, 0) is 23.1 Å². The van der Waals surface area contributed by atoms with Crippen molar-refractivity contribution in [2.24, 2.45) is 5.11 Å². The van der Waals surface area contributed by atoms with Crippen LogP contribution in [0.25, 0.3) is 10.4 Å². The molecule has 11 heteroatoms. The van der Waals surface area contributed by atoms with Gasteiger partial charge in [-0.2, -0.15) is 18.9 Å². The van der Waals surface area contributed by atoms with E-state index in [9.17, 15) is 17.2 Å². The maximum Gasteiger partial charge on any atom is 0.261 e. The lowest BCUT2D eigenvalue weighted by atomic mass is 9.96. The third-order valence-corrected chi connectivity index (χ3v) is 3.30. The second kappa shape index (κ2) is 10.00. The van der Waals surface area contributed by atoms with Gasteiger partial charge in [0.15, 0.2) is 0 Å². The average molecular weight is 405 g/mol. The monoisotopic (exact) mass is 405 g/mol. The molecule has 28 heavy (non-hydrogen) atoms. The Balaban J connectivity index is 0.000000696. The van der Waals surface area contributed by atoms with Crippen LogP contribution < -0.4 is 0 Å². The summed E-state index contributed by atoms with van der Waals surface area (Å²) in [4.78, 5) is 2.63. The van der Waals surface area contributed by atoms with Crippen LogP contribution in [0.1, 0.15) is 27.8 Å². The van der Waals surface area contributed by atoms with Crippen molar-refractivity contribution in [3.63, 3.8) is 0 Å². The minimum absolute atomic E-state index is 0.0142.